The van der Waals surface area contributed by atoms with Gasteiger partial charge in [0.05, 0.1) is 40.9 Å². The van der Waals surface area contributed by atoms with Gasteiger partial charge in [-0.05, 0) is 49.2 Å². The molecule has 1 aliphatic heterocycles. The van der Waals surface area contributed by atoms with Crippen LogP contribution in [0, 0.1) is 6.92 Å². The number of halogens is 2. The van der Waals surface area contributed by atoms with Crippen LogP contribution in [0.3, 0.4) is 0 Å². The summed E-state index contributed by atoms with van der Waals surface area (Å²) < 4.78 is 10.2. The molecule has 196 valence electrons. The molecule has 0 aliphatic carbocycles. The van der Waals surface area contributed by atoms with Crippen molar-refractivity contribution >= 4 is 46.6 Å². The lowest BCUT2D eigenvalue weighted by atomic mass is 9.94. The molecular weight excluding hydrogens is 529 g/mol. The molecule has 1 unspecified atom stereocenters. The van der Waals surface area contributed by atoms with Crippen molar-refractivity contribution in [3.63, 3.8) is 0 Å². The standard InChI is InChI=1S/C29H25Cl2NO6/c1-4-38-29(36)18-10-8-17(9-11-18)15-32-24(19-7-5-6-16(2)12-19)23(26(34)28(32)35)25(33)20-13-21(30)27(37-3)22(31)14-20/h5-14,24,33H,4,15H2,1-3H3/b25-23+. The van der Waals surface area contributed by atoms with Crippen LogP contribution < -0.4 is 4.74 Å². The molecule has 1 saturated heterocycles. The summed E-state index contributed by atoms with van der Waals surface area (Å²) in [5.41, 5.74) is 2.73. The number of amides is 1. The predicted octanol–water partition coefficient (Wildman–Crippen LogP) is 6.11. The second-order valence-electron chi connectivity index (χ2n) is 8.73. The first kappa shape index (κ1) is 27.2. The minimum Gasteiger partial charge on any atom is -0.507 e. The molecule has 1 heterocycles. The van der Waals surface area contributed by atoms with Crippen molar-refractivity contribution in [2.75, 3.05) is 13.7 Å². The molecule has 0 bridgehead atoms. The smallest absolute Gasteiger partial charge is 0.338 e. The van der Waals surface area contributed by atoms with Crippen LogP contribution in [-0.2, 0) is 20.9 Å². The second kappa shape index (κ2) is 11.3. The van der Waals surface area contributed by atoms with Crippen LogP contribution in [0.5, 0.6) is 5.75 Å². The van der Waals surface area contributed by atoms with E-state index in [2.05, 4.69) is 0 Å². The molecule has 0 spiro atoms. The highest BCUT2D eigenvalue weighted by Gasteiger charge is 2.46. The van der Waals surface area contributed by atoms with Crippen molar-refractivity contribution in [2.45, 2.75) is 26.4 Å². The van der Waals surface area contributed by atoms with Gasteiger partial charge in [-0.25, -0.2) is 4.79 Å². The Bertz CT molecular complexity index is 1420. The van der Waals surface area contributed by atoms with Gasteiger partial charge in [-0.1, -0.05) is 65.2 Å². The van der Waals surface area contributed by atoms with E-state index >= 15 is 0 Å². The number of methoxy groups -OCH3 is 1. The van der Waals surface area contributed by atoms with Gasteiger partial charge in [0.1, 0.15) is 5.76 Å². The number of rotatable bonds is 7. The summed E-state index contributed by atoms with van der Waals surface area (Å²) in [5, 5.41) is 11.6. The number of hydrogen-bond acceptors (Lipinski definition) is 6. The first-order chi connectivity index (χ1) is 18.2. The molecule has 1 fully saturated rings. The summed E-state index contributed by atoms with van der Waals surface area (Å²) in [6, 6.07) is 15.9. The molecular formula is C29H25Cl2NO6. The first-order valence-corrected chi connectivity index (χ1v) is 12.6. The molecule has 7 nitrogen and oxygen atoms in total. The van der Waals surface area contributed by atoms with Crippen molar-refractivity contribution in [1.29, 1.82) is 0 Å². The Morgan fingerprint density at radius 3 is 2.24 bits per heavy atom. The van der Waals surface area contributed by atoms with Crippen molar-refractivity contribution in [3.8, 4) is 5.75 Å². The summed E-state index contributed by atoms with van der Waals surface area (Å²) in [5.74, 6) is -2.22. The molecule has 1 atom stereocenters. The number of aliphatic hydroxyl groups excluding tert-OH is 1. The van der Waals surface area contributed by atoms with Gasteiger partial charge in [0.25, 0.3) is 11.7 Å². The Morgan fingerprint density at radius 2 is 1.66 bits per heavy atom. The summed E-state index contributed by atoms with van der Waals surface area (Å²) in [4.78, 5) is 40.1. The lowest BCUT2D eigenvalue weighted by Gasteiger charge is -2.26. The van der Waals surface area contributed by atoms with E-state index in [0.717, 1.165) is 5.56 Å². The molecule has 1 N–H and O–H groups in total. The Kier molecular flexibility index (Phi) is 8.09. The molecule has 1 amide bonds. The molecule has 0 radical (unpaired) electrons. The highest BCUT2D eigenvalue weighted by atomic mass is 35.5. The van der Waals surface area contributed by atoms with E-state index in [4.69, 9.17) is 32.7 Å². The van der Waals surface area contributed by atoms with Crippen molar-refractivity contribution in [3.05, 3.63) is 104 Å². The van der Waals surface area contributed by atoms with Gasteiger partial charge in [-0.2, -0.15) is 0 Å². The largest absolute Gasteiger partial charge is 0.507 e. The van der Waals surface area contributed by atoms with Gasteiger partial charge in [0, 0.05) is 12.1 Å². The average Bonchev–Trinajstić information content (AvgIpc) is 3.13. The Labute approximate surface area is 230 Å². The van der Waals surface area contributed by atoms with Gasteiger partial charge < -0.3 is 19.5 Å². The molecule has 4 rings (SSSR count). The average molecular weight is 554 g/mol. The van der Waals surface area contributed by atoms with Crippen LogP contribution in [0.25, 0.3) is 5.76 Å². The van der Waals surface area contributed by atoms with Crippen LogP contribution in [-0.4, -0.2) is 41.4 Å². The number of carbonyl (C=O) groups excluding carboxylic acids is 3. The number of hydrogen-bond donors (Lipinski definition) is 1. The van der Waals surface area contributed by atoms with Crippen LogP contribution in [0.4, 0.5) is 0 Å². The molecule has 9 heteroatoms. The lowest BCUT2D eigenvalue weighted by Crippen LogP contribution is -2.29. The SMILES string of the molecule is CCOC(=O)c1ccc(CN2C(=O)C(=O)/C(=C(/O)c3cc(Cl)c(OC)c(Cl)c3)C2c2cccc(C)c2)cc1. The number of ketones is 1. The van der Waals surface area contributed by atoms with E-state index in [1.807, 2.05) is 25.1 Å². The van der Waals surface area contributed by atoms with Gasteiger partial charge in [0.2, 0.25) is 0 Å². The number of likely N-dealkylation sites (tertiary alicyclic amines) is 1. The minimum atomic E-state index is -0.876. The normalized spacial score (nSPS) is 16.6. The quantitative estimate of drug-likeness (QED) is 0.164. The summed E-state index contributed by atoms with van der Waals surface area (Å²) in [6.07, 6.45) is 0. The number of Topliss-reactive ketones (excluding diaryl/α,β-unsaturated/α-hetero) is 1. The van der Waals surface area contributed by atoms with Crippen LogP contribution >= 0.6 is 23.2 Å². The Balaban J connectivity index is 1.80. The van der Waals surface area contributed by atoms with Crippen LogP contribution in [0.15, 0.2) is 66.2 Å². The fraction of sp³-hybridized carbons (Fsp3) is 0.207. The third-order valence-electron chi connectivity index (χ3n) is 6.19. The van der Waals surface area contributed by atoms with Crippen molar-refractivity contribution < 1.29 is 29.0 Å². The maximum atomic E-state index is 13.3. The zero-order valence-corrected chi connectivity index (χ0v) is 22.5. The maximum Gasteiger partial charge on any atom is 0.338 e. The predicted molar refractivity (Wildman–Crippen MR) is 144 cm³/mol. The van der Waals surface area contributed by atoms with E-state index in [1.54, 1.807) is 37.3 Å². The Hall–Kier alpha value is -3.81. The second-order valence-corrected chi connectivity index (χ2v) is 9.55. The fourth-order valence-corrected chi connectivity index (χ4v) is 5.08. The molecule has 0 aromatic heterocycles. The molecule has 38 heavy (non-hydrogen) atoms. The number of aliphatic hydroxyl groups is 1. The van der Waals surface area contributed by atoms with Gasteiger partial charge in [-0.3, -0.25) is 9.59 Å². The van der Waals surface area contributed by atoms with Gasteiger partial charge in [0.15, 0.2) is 5.75 Å². The zero-order chi connectivity index (χ0) is 27.6. The van der Waals surface area contributed by atoms with Gasteiger partial charge >= 0.3 is 5.97 Å². The van der Waals surface area contributed by atoms with E-state index < -0.39 is 29.5 Å². The first-order valence-electron chi connectivity index (χ1n) is 11.8. The molecule has 1 aliphatic rings. The molecule has 0 saturated carbocycles. The third-order valence-corrected chi connectivity index (χ3v) is 6.75. The lowest BCUT2D eigenvalue weighted by molar-refractivity contribution is -0.140. The van der Waals surface area contributed by atoms with E-state index in [-0.39, 0.29) is 40.1 Å². The Morgan fingerprint density at radius 1 is 1.00 bits per heavy atom. The summed E-state index contributed by atoms with van der Waals surface area (Å²) in [7, 11) is 1.41. The number of nitrogens with zero attached hydrogens (tertiary/aromatic N) is 1. The van der Waals surface area contributed by atoms with Crippen molar-refractivity contribution in [1.82, 2.24) is 4.90 Å². The highest BCUT2D eigenvalue weighted by Crippen LogP contribution is 2.42. The molecule has 3 aromatic rings. The molecule has 3 aromatic carbocycles. The minimum absolute atomic E-state index is 0.0627. The number of carbonyl (C=O) groups is 3. The third kappa shape index (κ3) is 5.26. The summed E-state index contributed by atoms with van der Waals surface area (Å²) in [6.45, 7) is 3.94. The van der Waals surface area contributed by atoms with E-state index in [0.29, 0.717) is 16.7 Å². The summed E-state index contributed by atoms with van der Waals surface area (Å²) >= 11 is 12.6. The monoisotopic (exact) mass is 553 g/mol. The van der Waals surface area contributed by atoms with E-state index in [1.165, 1.54) is 24.1 Å². The fourth-order valence-electron chi connectivity index (χ4n) is 4.43. The highest BCUT2D eigenvalue weighted by molar-refractivity contribution is 6.46. The van der Waals surface area contributed by atoms with Crippen molar-refractivity contribution in [2.24, 2.45) is 0 Å². The number of benzene rings is 3. The number of esters is 1. The van der Waals surface area contributed by atoms with E-state index in [9.17, 15) is 19.5 Å². The zero-order valence-electron chi connectivity index (χ0n) is 21.0. The topological polar surface area (TPSA) is 93.1 Å². The maximum absolute atomic E-state index is 13.3. The number of ether oxygens (including phenoxy) is 2. The van der Waals surface area contributed by atoms with Crippen LogP contribution in [0.1, 0.15) is 45.6 Å². The van der Waals surface area contributed by atoms with Gasteiger partial charge in [-0.15, -0.1) is 0 Å². The van der Waals surface area contributed by atoms with Crippen LogP contribution in [0.2, 0.25) is 10.0 Å². The number of aryl methyl sites for hydroxylation is 1.